The van der Waals surface area contributed by atoms with Gasteiger partial charge in [0.15, 0.2) is 0 Å². The molecule has 0 aromatic carbocycles. The number of rotatable bonds is 3. The molecule has 0 spiro atoms. The van der Waals surface area contributed by atoms with Gasteiger partial charge < -0.3 is 16.0 Å². The van der Waals surface area contributed by atoms with E-state index in [1.807, 2.05) is 0 Å². The number of nitrogens with two attached hydrogens (primary N) is 1. The Morgan fingerprint density at radius 1 is 1.38 bits per heavy atom. The number of nitrogens with one attached hydrogen (secondary N) is 1. The summed E-state index contributed by atoms with van der Waals surface area (Å²) in [6.45, 7) is 1.70. The Hall–Kier alpha value is -1.10. The van der Waals surface area contributed by atoms with Crippen LogP contribution in [0, 0.1) is 5.92 Å². The van der Waals surface area contributed by atoms with Crippen LogP contribution >= 0.6 is 0 Å². The summed E-state index contributed by atoms with van der Waals surface area (Å²) in [6.07, 6.45) is 2.46. The third-order valence-corrected chi connectivity index (χ3v) is 3.01. The van der Waals surface area contributed by atoms with Crippen molar-refractivity contribution in [3.63, 3.8) is 0 Å². The van der Waals surface area contributed by atoms with Crippen LogP contribution in [0.4, 0.5) is 0 Å². The molecule has 1 aliphatic carbocycles. The third-order valence-electron chi connectivity index (χ3n) is 3.01. The molecule has 3 unspecified atom stereocenters. The fraction of sp³-hybridized carbons (Fsp3) is 0.818. The fourth-order valence-corrected chi connectivity index (χ4v) is 2.03. The molecule has 0 aromatic rings. The zero-order chi connectivity index (χ0) is 12.3. The second-order valence-electron chi connectivity index (χ2n) is 4.73. The van der Waals surface area contributed by atoms with Crippen molar-refractivity contribution in [3.05, 3.63) is 0 Å². The molecule has 16 heavy (non-hydrogen) atoms. The SMILES string of the molecule is CC(NC(=O)C1CCC(N)C1)C(=O)N(C)C. The van der Waals surface area contributed by atoms with Crippen LogP contribution in [0.1, 0.15) is 26.2 Å². The van der Waals surface area contributed by atoms with Crippen molar-refractivity contribution in [2.75, 3.05) is 14.1 Å². The minimum absolute atomic E-state index is 0.0209. The lowest BCUT2D eigenvalue weighted by atomic mass is 10.1. The number of carbonyl (C=O) groups is 2. The highest BCUT2D eigenvalue weighted by Gasteiger charge is 2.29. The molecule has 0 aliphatic heterocycles. The molecule has 0 heterocycles. The molecule has 1 saturated carbocycles. The molecular weight excluding hydrogens is 206 g/mol. The highest BCUT2D eigenvalue weighted by Crippen LogP contribution is 2.24. The summed E-state index contributed by atoms with van der Waals surface area (Å²) >= 11 is 0. The van der Waals surface area contributed by atoms with Crippen LogP contribution in [-0.2, 0) is 9.59 Å². The Morgan fingerprint density at radius 3 is 2.44 bits per heavy atom. The molecule has 3 atom stereocenters. The molecule has 1 rings (SSSR count). The quantitative estimate of drug-likeness (QED) is 0.695. The minimum atomic E-state index is -0.459. The Kier molecular flexibility index (Phi) is 4.29. The van der Waals surface area contributed by atoms with Crippen LogP contribution < -0.4 is 11.1 Å². The molecule has 92 valence electrons. The van der Waals surface area contributed by atoms with Crippen LogP contribution in [0.3, 0.4) is 0 Å². The van der Waals surface area contributed by atoms with Gasteiger partial charge in [0.1, 0.15) is 6.04 Å². The standard InChI is InChI=1S/C11H21N3O2/c1-7(11(16)14(2)3)13-10(15)8-4-5-9(12)6-8/h7-9H,4-6,12H2,1-3H3,(H,13,15). The lowest BCUT2D eigenvalue weighted by molar-refractivity contribution is -0.135. The van der Waals surface area contributed by atoms with E-state index in [2.05, 4.69) is 5.32 Å². The van der Waals surface area contributed by atoms with Gasteiger partial charge in [0.25, 0.3) is 0 Å². The van der Waals surface area contributed by atoms with E-state index in [0.717, 1.165) is 19.3 Å². The molecule has 1 aliphatic rings. The van der Waals surface area contributed by atoms with E-state index in [0.29, 0.717) is 0 Å². The molecule has 0 aromatic heterocycles. The molecule has 5 nitrogen and oxygen atoms in total. The van der Waals surface area contributed by atoms with Gasteiger partial charge in [-0.25, -0.2) is 0 Å². The molecule has 1 fully saturated rings. The average Bonchev–Trinajstić information content (AvgIpc) is 2.63. The number of likely N-dealkylation sites (N-methyl/N-ethyl adjacent to an activating group) is 1. The first-order valence-electron chi connectivity index (χ1n) is 5.69. The van der Waals surface area contributed by atoms with Crippen LogP contribution in [0.25, 0.3) is 0 Å². The van der Waals surface area contributed by atoms with Crippen molar-refractivity contribution in [1.82, 2.24) is 10.2 Å². The van der Waals surface area contributed by atoms with Crippen molar-refractivity contribution in [3.8, 4) is 0 Å². The lowest BCUT2D eigenvalue weighted by Crippen LogP contribution is -2.46. The van der Waals surface area contributed by atoms with E-state index in [-0.39, 0.29) is 23.8 Å². The molecule has 3 N–H and O–H groups in total. The second kappa shape index (κ2) is 5.30. The highest BCUT2D eigenvalue weighted by atomic mass is 16.2. The van der Waals surface area contributed by atoms with Crippen molar-refractivity contribution in [1.29, 1.82) is 0 Å². The van der Waals surface area contributed by atoms with Crippen molar-refractivity contribution < 1.29 is 9.59 Å². The van der Waals surface area contributed by atoms with Gasteiger partial charge in [-0.2, -0.15) is 0 Å². The van der Waals surface area contributed by atoms with E-state index < -0.39 is 6.04 Å². The maximum atomic E-state index is 11.8. The Morgan fingerprint density at radius 2 is 2.00 bits per heavy atom. The van der Waals surface area contributed by atoms with Gasteiger partial charge in [-0.05, 0) is 26.2 Å². The maximum absolute atomic E-state index is 11.8. The van der Waals surface area contributed by atoms with E-state index in [9.17, 15) is 9.59 Å². The van der Waals surface area contributed by atoms with E-state index in [1.165, 1.54) is 4.90 Å². The summed E-state index contributed by atoms with van der Waals surface area (Å²) in [5.41, 5.74) is 5.75. The van der Waals surface area contributed by atoms with E-state index in [4.69, 9.17) is 5.73 Å². The Balaban J connectivity index is 2.42. The summed E-state index contributed by atoms with van der Waals surface area (Å²) in [6, 6.07) is -0.324. The summed E-state index contributed by atoms with van der Waals surface area (Å²) in [4.78, 5) is 24.8. The molecule has 0 bridgehead atoms. The first kappa shape index (κ1) is 13.0. The number of carbonyl (C=O) groups excluding carboxylic acids is 2. The first-order valence-corrected chi connectivity index (χ1v) is 5.69. The first-order chi connectivity index (χ1) is 7.41. The van der Waals surface area contributed by atoms with Crippen molar-refractivity contribution in [2.45, 2.75) is 38.3 Å². The van der Waals surface area contributed by atoms with Crippen LogP contribution in [0.2, 0.25) is 0 Å². The lowest BCUT2D eigenvalue weighted by Gasteiger charge is -2.19. The van der Waals surface area contributed by atoms with Gasteiger partial charge in [0.2, 0.25) is 11.8 Å². The molecule has 0 saturated heterocycles. The monoisotopic (exact) mass is 227 g/mol. The van der Waals surface area contributed by atoms with Gasteiger partial charge in [-0.15, -0.1) is 0 Å². The molecular formula is C11H21N3O2. The van der Waals surface area contributed by atoms with Gasteiger partial charge in [0, 0.05) is 26.1 Å². The minimum Gasteiger partial charge on any atom is -0.347 e. The van der Waals surface area contributed by atoms with Crippen LogP contribution in [-0.4, -0.2) is 42.9 Å². The van der Waals surface area contributed by atoms with Crippen LogP contribution in [0.5, 0.6) is 0 Å². The number of hydrogen-bond acceptors (Lipinski definition) is 3. The maximum Gasteiger partial charge on any atom is 0.244 e. The third kappa shape index (κ3) is 3.20. The fourth-order valence-electron chi connectivity index (χ4n) is 2.03. The predicted molar refractivity (Wildman–Crippen MR) is 61.6 cm³/mol. The molecule has 0 radical (unpaired) electrons. The summed E-state index contributed by atoms with van der Waals surface area (Å²) < 4.78 is 0. The molecule has 2 amide bonds. The summed E-state index contributed by atoms with van der Waals surface area (Å²) in [5.74, 6) is -0.154. The number of nitrogens with zero attached hydrogens (tertiary/aromatic N) is 1. The van der Waals surface area contributed by atoms with Gasteiger partial charge in [-0.3, -0.25) is 9.59 Å². The normalized spacial score (nSPS) is 26.2. The second-order valence-corrected chi connectivity index (χ2v) is 4.73. The summed E-state index contributed by atoms with van der Waals surface area (Å²) in [7, 11) is 3.35. The zero-order valence-electron chi connectivity index (χ0n) is 10.2. The largest absolute Gasteiger partial charge is 0.347 e. The van der Waals surface area contributed by atoms with E-state index in [1.54, 1.807) is 21.0 Å². The summed E-state index contributed by atoms with van der Waals surface area (Å²) in [5, 5.41) is 2.74. The topological polar surface area (TPSA) is 75.4 Å². The van der Waals surface area contributed by atoms with Crippen molar-refractivity contribution >= 4 is 11.8 Å². The smallest absolute Gasteiger partial charge is 0.244 e. The average molecular weight is 227 g/mol. The predicted octanol–water partition coefficient (Wildman–Crippen LogP) is -0.293. The zero-order valence-corrected chi connectivity index (χ0v) is 10.2. The van der Waals surface area contributed by atoms with Gasteiger partial charge in [-0.1, -0.05) is 0 Å². The molecule has 5 heteroatoms. The van der Waals surface area contributed by atoms with Gasteiger partial charge in [0.05, 0.1) is 0 Å². The number of amides is 2. The van der Waals surface area contributed by atoms with E-state index >= 15 is 0 Å². The number of hydrogen-bond donors (Lipinski definition) is 2. The van der Waals surface area contributed by atoms with Crippen molar-refractivity contribution in [2.24, 2.45) is 11.7 Å². The Labute approximate surface area is 96.4 Å². The highest BCUT2D eigenvalue weighted by molar-refractivity contribution is 5.88. The van der Waals surface area contributed by atoms with Gasteiger partial charge >= 0.3 is 0 Å². The Bertz CT molecular complexity index is 278. The van der Waals surface area contributed by atoms with Crippen LogP contribution in [0.15, 0.2) is 0 Å².